The second-order valence-corrected chi connectivity index (χ2v) is 7.44. The van der Waals surface area contributed by atoms with Crippen LogP contribution in [-0.4, -0.2) is 22.6 Å². The topological polar surface area (TPSA) is 116 Å². The number of carbonyl (C=O) groups excluding carboxylic acids is 3. The molecule has 0 saturated carbocycles. The molecule has 0 saturated heterocycles. The highest BCUT2D eigenvalue weighted by atomic mass is 35.5. The van der Waals surface area contributed by atoms with Crippen molar-refractivity contribution in [2.24, 2.45) is 0 Å². The van der Waals surface area contributed by atoms with Crippen LogP contribution in [0.5, 0.6) is 0 Å². The lowest BCUT2D eigenvalue weighted by atomic mass is 10.00. The molecule has 0 bridgehead atoms. The summed E-state index contributed by atoms with van der Waals surface area (Å²) >= 11 is 5.92. The Morgan fingerprint density at radius 1 is 0.909 bits per heavy atom. The molecule has 3 rings (SSSR count). The van der Waals surface area contributed by atoms with Gasteiger partial charge in [0.15, 0.2) is 6.10 Å². The maximum absolute atomic E-state index is 13.0. The van der Waals surface area contributed by atoms with Crippen LogP contribution in [0.15, 0.2) is 78.9 Å². The average molecular weight is 467 g/mol. The highest BCUT2D eigenvalue weighted by molar-refractivity contribution is 6.30. The third-order valence-corrected chi connectivity index (χ3v) is 4.89. The molecule has 3 aromatic rings. The van der Waals surface area contributed by atoms with E-state index in [2.05, 4.69) is 5.32 Å². The van der Waals surface area contributed by atoms with Gasteiger partial charge >= 0.3 is 5.97 Å². The summed E-state index contributed by atoms with van der Waals surface area (Å²) in [7, 11) is 0. The van der Waals surface area contributed by atoms with Crippen LogP contribution in [-0.2, 0) is 14.3 Å². The van der Waals surface area contributed by atoms with E-state index < -0.39 is 28.7 Å². The molecule has 0 aromatic heterocycles. The Morgan fingerprint density at radius 3 is 2.15 bits per heavy atom. The highest BCUT2D eigenvalue weighted by Gasteiger charge is 2.26. The Morgan fingerprint density at radius 2 is 1.55 bits per heavy atom. The molecule has 1 amide bonds. The fourth-order valence-electron chi connectivity index (χ4n) is 2.96. The van der Waals surface area contributed by atoms with E-state index in [1.54, 1.807) is 54.6 Å². The number of nitrogens with zero attached hydrogens (tertiary/aromatic N) is 1. The predicted octanol–water partition coefficient (Wildman–Crippen LogP) is 5.13. The van der Waals surface area contributed by atoms with Crippen molar-refractivity contribution in [3.05, 3.63) is 105 Å². The van der Waals surface area contributed by atoms with Gasteiger partial charge in [0, 0.05) is 40.4 Å². The van der Waals surface area contributed by atoms with Gasteiger partial charge in [-0.25, -0.2) is 0 Å². The van der Waals surface area contributed by atoms with Crippen molar-refractivity contribution in [2.45, 2.75) is 18.9 Å². The first-order chi connectivity index (χ1) is 15.8. The zero-order chi connectivity index (χ0) is 23.8. The summed E-state index contributed by atoms with van der Waals surface area (Å²) in [6.07, 6.45) is -1.64. The molecule has 9 heteroatoms. The number of hydrogen-bond donors (Lipinski definition) is 1. The first-order valence-corrected chi connectivity index (χ1v) is 10.3. The summed E-state index contributed by atoms with van der Waals surface area (Å²) in [5.41, 5.74) is 1.09. The second kappa shape index (κ2) is 11.0. The Kier molecular flexibility index (Phi) is 7.88. The van der Waals surface area contributed by atoms with Crippen LogP contribution >= 0.6 is 11.6 Å². The number of nitro benzene ring substituents is 1. The Hall–Kier alpha value is -4.04. The predicted molar refractivity (Wildman–Crippen MR) is 122 cm³/mol. The minimum atomic E-state index is -1.19. The summed E-state index contributed by atoms with van der Waals surface area (Å²) in [5.74, 6) is -1.60. The molecule has 168 valence electrons. The number of rotatable bonds is 9. The number of Topliss-reactive ketones (excluding diaryl/α,β-unsaturated/α-hetero) is 1. The number of ketones is 1. The van der Waals surface area contributed by atoms with Crippen molar-refractivity contribution >= 4 is 40.6 Å². The van der Waals surface area contributed by atoms with Gasteiger partial charge in [0.2, 0.25) is 11.7 Å². The molecule has 0 fully saturated rings. The third-order valence-electron chi connectivity index (χ3n) is 4.64. The highest BCUT2D eigenvalue weighted by Crippen LogP contribution is 2.25. The third kappa shape index (κ3) is 6.72. The van der Waals surface area contributed by atoms with Crippen LogP contribution in [0, 0.1) is 10.1 Å². The number of hydrogen-bond acceptors (Lipinski definition) is 6. The van der Waals surface area contributed by atoms with Crippen molar-refractivity contribution < 1.29 is 24.0 Å². The van der Waals surface area contributed by atoms with Gasteiger partial charge in [-0.05, 0) is 24.3 Å². The lowest BCUT2D eigenvalue weighted by molar-refractivity contribution is -0.384. The minimum absolute atomic E-state index is 0.104. The van der Waals surface area contributed by atoms with E-state index in [1.807, 2.05) is 0 Å². The summed E-state index contributed by atoms with van der Waals surface area (Å²) in [6.45, 7) is 0. The standard InChI is InChI=1S/C24H19ClN2O6/c25-18-8-6-17(7-9-18)24(23(30)16-4-2-1-3-5-16)33-22(29)15-14-21(28)26-19-10-12-20(13-11-19)27(31)32/h1-13,24H,14-15H2,(H,26,28)/t24-/m1/s1. The molecule has 0 radical (unpaired) electrons. The molecule has 0 aliphatic rings. The number of benzene rings is 3. The summed E-state index contributed by atoms with van der Waals surface area (Å²) < 4.78 is 5.45. The second-order valence-electron chi connectivity index (χ2n) is 7.00. The molecule has 1 N–H and O–H groups in total. The van der Waals surface area contributed by atoms with Gasteiger partial charge in [0.05, 0.1) is 11.3 Å². The van der Waals surface area contributed by atoms with Crippen molar-refractivity contribution in [1.29, 1.82) is 0 Å². The van der Waals surface area contributed by atoms with Crippen LogP contribution in [0.25, 0.3) is 0 Å². The molecule has 1 atom stereocenters. The normalized spacial score (nSPS) is 11.3. The van der Waals surface area contributed by atoms with Crippen molar-refractivity contribution in [2.75, 3.05) is 5.32 Å². The SMILES string of the molecule is O=C(CCC(=O)O[C@@H](C(=O)c1ccccc1)c1ccc(Cl)cc1)Nc1ccc([N+](=O)[O-])cc1. The largest absolute Gasteiger partial charge is 0.449 e. The number of ether oxygens (including phenoxy) is 1. The number of nitro groups is 1. The van der Waals surface area contributed by atoms with E-state index in [9.17, 15) is 24.5 Å². The van der Waals surface area contributed by atoms with Crippen LogP contribution in [0.4, 0.5) is 11.4 Å². The summed E-state index contributed by atoms with van der Waals surface area (Å²) in [5, 5.41) is 13.7. The van der Waals surface area contributed by atoms with Crippen molar-refractivity contribution in [1.82, 2.24) is 0 Å². The van der Waals surface area contributed by atoms with E-state index in [4.69, 9.17) is 16.3 Å². The van der Waals surface area contributed by atoms with Gasteiger partial charge in [-0.15, -0.1) is 0 Å². The molecule has 0 heterocycles. The Bertz CT molecular complexity index is 1150. The van der Waals surface area contributed by atoms with E-state index in [0.29, 0.717) is 21.8 Å². The van der Waals surface area contributed by atoms with E-state index >= 15 is 0 Å². The molecule has 8 nitrogen and oxygen atoms in total. The summed E-state index contributed by atoms with van der Waals surface area (Å²) in [6, 6.07) is 20.1. The number of halogens is 1. The van der Waals surface area contributed by atoms with Gasteiger partial charge in [0.25, 0.3) is 5.69 Å². The van der Waals surface area contributed by atoms with E-state index in [1.165, 1.54) is 24.3 Å². The van der Waals surface area contributed by atoms with Gasteiger partial charge in [-0.2, -0.15) is 0 Å². The Balaban J connectivity index is 1.63. The maximum atomic E-state index is 13.0. The van der Waals surface area contributed by atoms with Crippen molar-refractivity contribution in [3.8, 4) is 0 Å². The number of amides is 1. The van der Waals surface area contributed by atoms with Crippen molar-refractivity contribution in [3.63, 3.8) is 0 Å². The zero-order valence-corrected chi connectivity index (χ0v) is 18.0. The number of esters is 1. The minimum Gasteiger partial charge on any atom is -0.449 e. The molecule has 33 heavy (non-hydrogen) atoms. The smallest absolute Gasteiger partial charge is 0.307 e. The number of carbonyl (C=O) groups is 3. The maximum Gasteiger partial charge on any atom is 0.307 e. The number of nitrogens with one attached hydrogen (secondary N) is 1. The quantitative estimate of drug-likeness (QED) is 0.202. The van der Waals surface area contributed by atoms with Crippen LogP contribution < -0.4 is 5.32 Å². The molecule has 0 spiro atoms. The van der Waals surface area contributed by atoms with Crippen LogP contribution in [0.1, 0.15) is 34.9 Å². The summed E-state index contributed by atoms with van der Waals surface area (Å²) in [4.78, 5) is 47.7. The zero-order valence-electron chi connectivity index (χ0n) is 17.3. The van der Waals surface area contributed by atoms with Crippen LogP contribution in [0.2, 0.25) is 5.02 Å². The molecule has 0 unspecified atom stereocenters. The Labute approximate surface area is 194 Å². The monoisotopic (exact) mass is 466 g/mol. The van der Waals surface area contributed by atoms with Gasteiger partial charge in [0.1, 0.15) is 0 Å². The first kappa shape index (κ1) is 23.6. The lowest BCUT2D eigenvalue weighted by Crippen LogP contribution is -2.21. The fraction of sp³-hybridized carbons (Fsp3) is 0.125. The molecule has 3 aromatic carbocycles. The van der Waals surface area contributed by atoms with Gasteiger partial charge in [-0.3, -0.25) is 24.5 Å². The average Bonchev–Trinajstić information content (AvgIpc) is 2.82. The van der Waals surface area contributed by atoms with Gasteiger partial charge in [-0.1, -0.05) is 54.1 Å². The number of anilines is 1. The molecule has 0 aliphatic heterocycles. The van der Waals surface area contributed by atoms with Crippen LogP contribution in [0.3, 0.4) is 0 Å². The lowest BCUT2D eigenvalue weighted by Gasteiger charge is -2.17. The number of non-ortho nitro benzene ring substituents is 1. The van der Waals surface area contributed by atoms with E-state index in [-0.39, 0.29) is 18.5 Å². The van der Waals surface area contributed by atoms with Gasteiger partial charge < -0.3 is 10.1 Å². The fourth-order valence-corrected chi connectivity index (χ4v) is 3.09. The molecular formula is C24H19ClN2O6. The van der Waals surface area contributed by atoms with E-state index in [0.717, 1.165) is 0 Å². The first-order valence-electron chi connectivity index (χ1n) is 9.92. The molecule has 0 aliphatic carbocycles. The molecular weight excluding hydrogens is 448 g/mol.